The molecule has 0 radical (unpaired) electrons. The molecular weight excluding hydrogens is 462 g/mol. The van der Waals surface area contributed by atoms with Gasteiger partial charge in [-0.2, -0.15) is 10.2 Å². The smallest absolute Gasteiger partial charge is 0.264 e. The van der Waals surface area contributed by atoms with E-state index in [1.165, 1.54) is 6.07 Å². The second-order valence-corrected chi connectivity index (χ2v) is 9.30. The first-order chi connectivity index (χ1) is 17.3. The number of nitrogens with one attached hydrogen (secondary N) is 1. The molecule has 1 N–H and O–H groups in total. The lowest BCUT2D eigenvalue weighted by Crippen LogP contribution is -2.46. The van der Waals surface area contributed by atoms with Crippen LogP contribution in [0.5, 0.6) is 0 Å². The summed E-state index contributed by atoms with van der Waals surface area (Å²) in [6.07, 6.45) is 3.31. The fourth-order valence-corrected chi connectivity index (χ4v) is 4.88. The number of halogens is 2. The lowest BCUT2D eigenvalue weighted by Gasteiger charge is -2.36. The first-order valence-electron chi connectivity index (χ1n) is 12.1. The molecule has 0 aliphatic carbocycles. The summed E-state index contributed by atoms with van der Waals surface area (Å²) in [4.78, 5) is 9.37. The van der Waals surface area contributed by atoms with Crippen LogP contribution in [-0.4, -0.2) is 51.1 Å². The van der Waals surface area contributed by atoms with Crippen LogP contribution in [0.4, 0.5) is 26.0 Å². The Kier molecular flexibility index (Phi) is 6.42. The molecule has 10 heteroatoms. The maximum Gasteiger partial charge on any atom is 0.264 e. The molecule has 4 heterocycles. The van der Waals surface area contributed by atoms with Crippen LogP contribution in [0.15, 0.2) is 42.9 Å². The second kappa shape index (κ2) is 9.67. The number of hydrogen-bond donors (Lipinski definition) is 1. The van der Waals surface area contributed by atoms with Crippen LogP contribution in [0.1, 0.15) is 41.8 Å². The van der Waals surface area contributed by atoms with Gasteiger partial charge >= 0.3 is 0 Å². The highest BCUT2D eigenvalue weighted by Crippen LogP contribution is 2.32. The average molecular weight is 493 g/mol. The number of rotatable bonds is 6. The number of aromatic nitrogens is 5. The minimum absolute atomic E-state index is 0.0513. The van der Waals surface area contributed by atoms with Crippen molar-refractivity contribution in [1.29, 1.82) is 0 Å². The van der Waals surface area contributed by atoms with Crippen molar-refractivity contribution in [1.82, 2.24) is 25.0 Å². The number of anilines is 3. The van der Waals surface area contributed by atoms with Gasteiger partial charge in [-0.15, -0.1) is 5.10 Å². The Bertz CT molecular complexity index is 1380. The largest absolute Gasteiger partial charge is 0.367 e. The fourth-order valence-electron chi connectivity index (χ4n) is 4.88. The van der Waals surface area contributed by atoms with Gasteiger partial charge in [-0.05, 0) is 38.0 Å². The first-order valence-corrected chi connectivity index (χ1v) is 12.1. The summed E-state index contributed by atoms with van der Waals surface area (Å²) in [5.41, 5.74) is 5.11. The van der Waals surface area contributed by atoms with E-state index < -0.39 is 6.43 Å². The SMILES string of the molecule is Cc1c(C(F)F)cccc1[C@@H](C)Nc1nnc(C)c2ncc(N3CCN(c4cnn(C)c4)CC3)cc12. The van der Waals surface area contributed by atoms with Crippen LogP contribution >= 0.6 is 0 Å². The zero-order chi connectivity index (χ0) is 25.4. The predicted octanol–water partition coefficient (Wildman–Crippen LogP) is 4.81. The number of alkyl halides is 2. The Morgan fingerprint density at radius 2 is 1.64 bits per heavy atom. The third-order valence-electron chi connectivity index (χ3n) is 6.94. The molecule has 1 fully saturated rings. The van der Waals surface area contributed by atoms with E-state index in [2.05, 4.69) is 36.5 Å². The minimum atomic E-state index is -2.51. The molecule has 5 rings (SSSR count). The Labute approximate surface area is 209 Å². The Morgan fingerprint density at radius 3 is 2.31 bits per heavy atom. The molecule has 0 spiro atoms. The van der Waals surface area contributed by atoms with Crippen LogP contribution in [0, 0.1) is 13.8 Å². The maximum absolute atomic E-state index is 13.4. The van der Waals surface area contributed by atoms with Gasteiger partial charge in [-0.25, -0.2) is 8.78 Å². The molecule has 0 saturated carbocycles. The highest BCUT2D eigenvalue weighted by Gasteiger charge is 2.21. The van der Waals surface area contributed by atoms with E-state index in [1.54, 1.807) is 13.0 Å². The van der Waals surface area contributed by atoms with E-state index in [9.17, 15) is 8.78 Å². The zero-order valence-corrected chi connectivity index (χ0v) is 20.9. The summed E-state index contributed by atoms with van der Waals surface area (Å²) in [5, 5.41) is 17.2. The van der Waals surface area contributed by atoms with Crippen molar-refractivity contribution in [3.8, 4) is 0 Å². The molecule has 1 aliphatic rings. The van der Waals surface area contributed by atoms with Crippen molar-refractivity contribution in [3.63, 3.8) is 0 Å². The summed E-state index contributed by atoms with van der Waals surface area (Å²) in [6, 6.07) is 6.87. The third kappa shape index (κ3) is 4.55. The standard InChI is InChI=1S/C26H30F2N8/c1-16-21(6-5-7-22(16)25(27)28)17(2)31-26-23-12-19(13-29-24(23)18(3)32-33-26)35-8-10-36(11-9-35)20-14-30-34(4)15-20/h5-7,12-15,17,25H,8-11H2,1-4H3,(H,31,33)/t17-/m1/s1. The number of hydrogen-bond acceptors (Lipinski definition) is 7. The lowest BCUT2D eigenvalue weighted by molar-refractivity contribution is 0.150. The number of pyridine rings is 1. The lowest BCUT2D eigenvalue weighted by atomic mass is 9.97. The molecule has 0 amide bonds. The number of piperazine rings is 1. The van der Waals surface area contributed by atoms with Gasteiger partial charge < -0.3 is 15.1 Å². The minimum Gasteiger partial charge on any atom is -0.367 e. The molecule has 8 nitrogen and oxygen atoms in total. The molecule has 4 aromatic rings. The van der Waals surface area contributed by atoms with Gasteiger partial charge in [0.1, 0.15) is 0 Å². The van der Waals surface area contributed by atoms with Crippen molar-refractivity contribution >= 4 is 28.1 Å². The Hall–Kier alpha value is -3.82. The summed E-state index contributed by atoms with van der Waals surface area (Å²) in [5.74, 6) is 0.591. The molecule has 1 saturated heterocycles. The predicted molar refractivity (Wildman–Crippen MR) is 138 cm³/mol. The molecule has 1 aromatic carbocycles. The van der Waals surface area contributed by atoms with Gasteiger partial charge in [0.05, 0.1) is 41.0 Å². The zero-order valence-electron chi connectivity index (χ0n) is 20.9. The maximum atomic E-state index is 13.4. The van der Waals surface area contributed by atoms with Gasteiger partial charge in [-0.3, -0.25) is 9.67 Å². The molecule has 1 atom stereocenters. The molecule has 1 aliphatic heterocycles. The molecular formula is C26H30F2N8. The Balaban J connectivity index is 1.40. The van der Waals surface area contributed by atoms with E-state index in [1.807, 2.05) is 50.2 Å². The number of nitrogens with zero attached hydrogens (tertiary/aromatic N) is 7. The average Bonchev–Trinajstić information content (AvgIpc) is 3.31. The van der Waals surface area contributed by atoms with Crippen LogP contribution in [0.2, 0.25) is 0 Å². The van der Waals surface area contributed by atoms with Crippen LogP contribution < -0.4 is 15.1 Å². The summed E-state index contributed by atoms with van der Waals surface area (Å²) < 4.78 is 28.7. The summed E-state index contributed by atoms with van der Waals surface area (Å²) in [6.45, 7) is 9.06. The van der Waals surface area contributed by atoms with Gasteiger partial charge in [-0.1, -0.05) is 18.2 Å². The van der Waals surface area contributed by atoms with Crippen molar-refractivity contribution < 1.29 is 8.78 Å². The molecule has 0 unspecified atom stereocenters. The fraction of sp³-hybridized carbons (Fsp3) is 0.385. The number of aryl methyl sites for hydroxylation is 2. The van der Waals surface area contributed by atoms with Crippen molar-refractivity contribution in [2.45, 2.75) is 33.2 Å². The number of fused-ring (bicyclic) bond motifs is 1. The van der Waals surface area contributed by atoms with Crippen molar-refractivity contribution in [2.75, 3.05) is 41.3 Å². The molecule has 188 valence electrons. The van der Waals surface area contributed by atoms with Gasteiger partial charge in [0.25, 0.3) is 6.43 Å². The number of benzene rings is 1. The van der Waals surface area contributed by atoms with Gasteiger partial charge in [0, 0.05) is 50.4 Å². The Morgan fingerprint density at radius 1 is 0.944 bits per heavy atom. The topological polar surface area (TPSA) is 75.0 Å². The van der Waals surface area contributed by atoms with E-state index >= 15 is 0 Å². The van der Waals surface area contributed by atoms with Crippen molar-refractivity contribution in [2.24, 2.45) is 7.05 Å². The molecule has 3 aromatic heterocycles. The monoisotopic (exact) mass is 492 g/mol. The second-order valence-electron chi connectivity index (χ2n) is 9.30. The van der Waals surface area contributed by atoms with Crippen LogP contribution in [0.3, 0.4) is 0 Å². The normalized spacial score (nSPS) is 15.1. The van der Waals surface area contributed by atoms with Crippen LogP contribution in [-0.2, 0) is 7.05 Å². The quantitative estimate of drug-likeness (QED) is 0.414. The molecule has 36 heavy (non-hydrogen) atoms. The highest BCUT2D eigenvalue weighted by atomic mass is 19.3. The summed E-state index contributed by atoms with van der Waals surface area (Å²) >= 11 is 0. The van der Waals surface area contributed by atoms with Crippen molar-refractivity contribution in [3.05, 3.63) is 65.2 Å². The van der Waals surface area contributed by atoms with E-state index in [4.69, 9.17) is 4.98 Å². The highest BCUT2D eigenvalue weighted by molar-refractivity contribution is 5.92. The van der Waals surface area contributed by atoms with E-state index in [0.29, 0.717) is 11.4 Å². The van der Waals surface area contributed by atoms with E-state index in [-0.39, 0.29) is 11.6 Å². The third-order valence-corrected chi connectivity index (χ3v) is 6.94. The van der Waals surface area contributed by atoms with Crippen LogP contribution in [0.25, 0.3) is 10.9 Å². The summed E-state index contributed by atoms with van der Waals surface area (Å²) in [7, 11) is 1.93. The first kappa shape index (κ1) is 23.9. The molecule has 0 bridgehead atoms. The van der Waals surface area contributed by atoms with Gasteiger partial charge in [0.2, 0.25) is 0 Å². The van der Waals surface area contributed by atoms with E-state index in [0.717, 1.165) is 59.7 Å². The van der Waals surface area contributed by atoms with Gasteiger partial charge in [0.15, 0.2) is 5.82 Å².